The van der Waals surface area contributed by atoms with Gasteiger partial charge in [0.15, 0.2) is 5.16 Å². The maximum absolute atomic E-state index is 12.9. The molecule has 26 heavy (non-hydrogen) atoms. The van der Waals surface area contributed by atoms with Crippen LogP contribution in [-0.2, 0) is 16.1 Å². The highest BCUT2D eigenvalue weighted by atomic mass is 32.2. The molecule has 0 saturated heterocycles. The number of quaternary nitrogens is 1. The minimum atomic E-state index is -0.0984. The van der Waals surface area contributed by atoms with Crippen LogP contribution in [0.4, 0.5) is 0 Å². The van der Waals surface area contributed by atoms with Gasteiger partial charge in [0.05, 0.1) is 43.9 Å². The number of ether oxygens (including phenoxy) is 1. The Morgan fingerprint density at radius 2 is 2.12 bits per heavy atom. The third-order valence-corrected chi connectivity index (χ3v) is 4.82. The molecular weight excluding hydrogens is 352 g/mol. The van der Waals surface area contributed by atoms with Crippen LogP contribution < -0.4 is 15.8 Å². The first kappa shape index (κ1) is 20.4. The summed E-state index contributed by atoms with van der Waals surface area (Å²) in [5.74, 6) is 0.117. The van der Waals surface area contributed by atoms with Gasteiger partial charge < -0.3 is 15.0 Å². The number of carbonyl (C=O) groups is 1. The zero-order valence-corrected chi connectivity index (χ0v) is 16.4. The Bertz CT molecular complexity index is 792. The molecule has 7 nitrogen and oxygen atoms in total. The largest absolute Gasteiger partial charge is 0.383 e. The van der Waals surface area contributed by atoms with Gasteiger partial charge in [-0.25, -0.2) is 4.98 Å². The van der Waals surface area contributed by atoms with E-state index in [0.717, 1.165) is 13.0 Å². The molecular formula is C18H27N4O3S+. The van der Waals surface area contributed by atoms with Crippen molar-refractivity contribution in [1.82, 2.24) is 14.9 Å². The molecule has 0 radical (unpaired) electrons. The van der Waals surface area contributed by atoms with Crippen LogP contribution in [0.3, 0.4) is 0 Å². The smallest absolute Gasteiger partial charge is 0.262 e. The number of rotatable bonds is 10. The molecule has 0 unspecified atom stereocenters. The standard InChI is InChI=1S/C18H26N4O3S/c1-21(2)10-6-11-22-17(24)14-7-4-5-8-15(14)20-18(22)26-13-16(23)19-9-12-25-3/h4-5,7-8H,6,9-13H2,1-3H3,(H,19,23)/p+1. The van der Waals surface area contributed by atoms with Crippen molar-refractivity contribution in [2.75, 3.05) is 46.7 Å². The number of hydrogen-bond acceptors (Lipinski definition) is 5. The molecule has 0 aliphatic carbocycles. The van der Waals surface area contributed by atoms with Gasteiger partial charge in [0.2, 0.25) is 5.91 Å². The van der Waals surface area contributed by atoms with Crippen LogP contribution in [0.5, 0.6) is 0 Å². The third-order valence-electron chi connectivity index (χ3n) is 3.85. The van der Waals surface area contributed by atoms with Crippen molar-refractivity contribution in [3.63, 3.8) is 0 Å². The first-order valence-electron chi connectivity index (χ1n) is 8.70. The Morgan fingerprint density at radius 1 is 1.35 bits per heavy atom. The van der Waals surface area contributed by atoms with Gasteiger partial charge in [0, 0.05) is 26.6 Å². The molecule has 1 heterocycles. The summed E-state index contributed by atoms with van der Waals surface area (Å²) in [5, 5.41) is 3.98. The first-order valence-corrected chi connectivity index (χ1v) is 9.68. The highest BCUT2D eigenvalue weighted by molar-refractivity contribution is 7.99. The van der Waals surface area contributed by atoms with Crippen LogP contribution >= 0.6 is 11.8 Å². The molecule has 0 aliphatic heterocycles. The van der Waals surface area contributed by atoms with E-state index < -0.39 is 0 Å². The van der Waals surface area contributed by atoms with Crippen molar-refractivity contribution < 1.29 is 14.4 Å². The Morgan fingerprint density at radius 3 is 2.85 bits per heavy atom. The van der Waals surface area contributed by atoms with Crippen LogP contribution in [0.2, 0.25) is 0 Å². The Labute approximate surface area is 157 Å². The van der Waals surface area contributed by atoms with Crippen LogP contribution in [-0.4, -0.2) is 62.1 Å². The van der Waals surface area contributed by atoms with E-state index in [1.807, 2.05) is 18.2 Å². The summed E-state index contributed by atoms with van der Waals surface area (Å²) >= 11 is 1.29. The van der Waals surface area contributed by atoms with E-state index in [0.29, 0.717) is 35.8 Å². The molecule has 2 rings (SSSR count). The van der Waals surface area contributed by atoms with Crippen LogP contribution in [0.25, 0.3) is 10.9 Å². The van der Waals surface area contributed by atoms with E-state index in [1.54, 1.807) is 17.7 Å². The summed E-state index contributed by atoms with van der Waals surface area (Å²) < 4.78 is 6.61. The zero-order chi connectivity index (χ0) is 18.9. The first-order chi connectivity index (χ1) is 12.5. The van der Waals surface area contributed by atoms with Crippen molar-refractivity contribution in [3.8, 4) is 0 Å². The minimum absolute atomic E-state index is 0.0494. The molecule has 0 atom stereocenters. The fourth-order valence-electron chi connectivity index (χ4n) is 2.52. The average molecular weight is 380 g/mol. The highest BCUT2D eigenvalue weighted by Gasteiger charge is 2.13. The SMILES string of the molecule is COCCNC(=O)CSc1nc2ccccc2c(=O)n1CCC[NH+](C)C. The lowest BCUT2D eigenvalue weighted by atomic mass is 10.2. The van der Waals surface area contributed by atoms with Crippen molar-refractivity contribution in [1.29, 1.82) is 0 Å². The van der Waals surface area contributed by atoms with E-state index >= 15 is 0 Å². The predicted molar refractivity (Wildman–Crippen MR) is 104 cm³/mol. The maximum Gasteiger partial charge on any atom is 0.262 e. The molecule has 2 N–H and O–H groups in total. The van der Waals surface area contributed by atoms with Gasteiger partial charge in [-0.05, 0) is 12.1 Å². The summed E-state index contributed by atoms with van der Waals surface area (Å²) in [6.45, 7) is 2.50. The van der Waals surface area contributed by atoms with Crippen LogP contribution in [0.1, 0.15) is 6.42 Å². The minimum Gasteiger partial charge on any atom is -0.383 e. The van der Waals surface area contributed by atoms with Gasteiger partial charge in [0.1, 0.15) is 0 Å². The molecule has 0 bridgehead atoms. The fourth-order valence-corrected chi connectivity index (χ4v) is 3.37. The average Bonchev–Trinajstić information content (AvgIpc) is 2.62. The van der Waals surface area contributed by atoms with Crippen molar-refractivity contribution in [2.24, 2.45) is 0 Å². The molecule has 142 valence electrons. The van der Waals surface area contributed by atoms with Gasteiger partial charge in [-0.2, -0.15) is 0 Å². The molecule has 1 amide bonds. The molecule has 1 aromatic heterocycles. The molecule has 0 fully saturated rings. The topological polar surface area (TPSA) is 77.7 Å². The number of fused-ring (bicyclic) bond motifs is 1. The monoisotopic (exact) mass is 379 g/mol. The zero-order valence-electron chi connectivity index (χ0n) is 15.6. The highest BCUT2D eigenvalue weighted by Crippen LogP contribution is 2.17. The predicted octanol–water partition coefficient (Wildman–Crippen LogP) is -0.214. The second-order valence-electron chi connectivity index (χ2n) is 6.31. The van der Waals surface area contributed by atoms with Crippen LogP contribution in [0, 0.1) is 0 Å². The van der Waals surface area contributed by atoms with E-state index in [9.17, 15) is 9.59 Å². The van der Waals surface area contributed by atoms with Gasteiger partial charge >= 0.3 is 0 Å². The number of nitrogens with one attached hydrogen (secondary N) is 2. The van der Waals surface area contributed by atoms with Crippen molar-refractivity contribution in [2.45, 2.75) is 18.1 Å². The number of amides is 1. The fraction of sp³-hybridized carbons (Fsp3) is 0.500. The van der Waals surface area contributed by atoms with E-state index in [1.165, 1.54) is 16.7 Å². The number of methoxy groups -OCH3 is 1. The summed E-state index contributed by atoms with van der Waals surface area (Å²) in [7, 11) is 5.76. The molecule has 8 heteroatoms. The third kappa shape index (κ3) is 5.82. The summed E-state index contributed by atoms with van der Waals surface area (Å²) in [5.41, 5.74) is 0.612. The number of hydrogen-bond donors (Lipinski definition) is 2. The van der Waals surface area contributed by atoms with E-state index in [-0.39, 0.29) is 17.2 Å². The van der Waals surface area contributed by atoms with E-state index in [4.69, 9.17) is 4.74 Å². The summed E-state index contributed by atoms with van der Waals surface area (Å²) in [4.78, 5) is 30.8. The number of para-hydroxylation sites is 1. The van der Waals surface area contributed by atoms with Gasteiger partial charge in [-0.1, -0.05) is 23.9 Å². The molecule has 1 aromatic carbocycles. The van der Waals surface area contributed by atoms with Crippen molar-refractivity contribution in [3.05, 3.63) is 34.6 Å². The molecule has 0 saturated carbocycles. The lowest BCUT2D eigenvalue weighted by Crippen LogP contribution is -3.05. The van der Waals surface area contributed by atoms with E-state index in [2.05, 4.69) is 24.4 Å². The molecule has 0 aliphatic rings. The van der Waals surface area contributed by atoms with Crippen LogP contribution in [0.15, 0.2) is 34.2 Å². The number of aromatic nitrogens is 2. The summed E-state index contributed by atoms with van der Waals surface area (Å²) in [6, 6.07) is 7.33. The molecule has 0 spiro atoms. The lowest BCUT2D eigenvalue weighted by molar-refractivity contribution is -0.858. The number of nitrogens with zero attached hydrogens (tertiary/aromatic N) is 2. The summed E-state index contributed by atoms with van der Waals surface area (Å²) in [6.07, 6.45) is 0.871. The lowest BCUT2D eigenvalue weighted by Gasteiger charge is -2.14. The Hall–Kier alpha value is -1.90. The normalized spacial score (nSPS) is 11.2. The van der Waals surface area contributed by atoms with Gasteiger partial charge in [-0.3, -0.25) is 14.2 Å². The second kappa shape index (κ2) is 10.3. The Kier molecular flexibility index (Phi) is 8.08. The Balaban J connectivity index is 2.19. The van der Waals surface area contributed by atoms with Gasteiger partial charge in [-0.15, -0.1) is 0 Å². The second-order valence-corrected chi connectivity index (χ2v) is 7.25. The number of benzene rings is 1. The quantitative estimate of drug-likeness (QED) is 0.339. The van der Waals surface area contributed by atoms with Crippen molar-refractivity contribution >= 4 is 28.6 Å². The number of carbonyl (C=O) groups excluding carboxylic acids is 1. The maximum atomic E-state index is 12.9. The van der Waals surface area contributed by atoms with Gasteiger partial charge in [0.25, 0.3) is 5.56 Å². The number of thioether (sulfide) groups is 1. The molecule has 2 aromatic rings.